The molecule has 120 valence electrons. The number of hydrogen-bond donors (Lipinski definition) is 1. The lowest BCUT2D eigenvalue weighted by atomic mass is 9.84. The van der Waals surface area contributed by atoms with E-state index in [1.807, 2.05) is 12.1 Å². The Bertz CT molecular complexity index is 391. The Morgan fingerprint density at radius 1 is 1.00 bits per heavy atom. The average molecular weight is 293 g/mol. The van der Waals surface area contributed by atoms with Gasteiger partial charge in [-0.05, 0) is 75.6 Å². The van der Waals surface area contributed by atoms with Crippen molar-refractivity contribution in [1.29, 1.82) is 0 Å². The van der Waals surface area contributed by atoms with Crippen molar-refractivity contribution in [3.8, 4) is 0 Å². The molecule has 0 fully saturated rings. The van der Waals surface area contributed by atoms with E-state index in [-0.39, 0.29) is 11.4 Å². The maximum absolute atomic E-state index is 13.0. The molecule has 1 atom stereocenters. The molecule has 1 N–H and O–H groups in total. The fourth-order valence-electron chi connectivity index (χ4n) is 2.32. The zero-order valence-electron chi connectivity index (χ0n) is 14.6. The standard InChI is InChI=1S/C19H32FN/c1-18(2,3)12-11-16(14-21-19(4,5)6)13-15-7-9-17(20)10-8-15/h7-10,16,21H,11-14H2,1-6H3. The number of benzene rings is 1. The van der Waals surface area contributed by atoms with Crippen molar-refractivity contribution in [2.24, 2.45) is 11.3 Å². The molecule has 0 saturated carbocycles. The molecule has 0 saturated heterocycles. The Morgan fingerprint density at radius 2 is 1.57 bits per heavy atom. The first kappa shape index (κ1) is 18.2. The van der Waals surface area contributed by atoms with Crippen molar-refractivity contribution in [1.82, 2.24) is 5.32 Å². The molecule has 1 rings (SSSR count). The summed E-state index contributed by atoms with van der Waals surface area (Å²) < 4.78 is 13.0. The Hall–Kier alpha value is -0.890. The van der Waals surface area contributed by atoms with Gasteiger partial charge in [0, 0.05) is 5.54 Å². The molecule has 1 nitrogen and oxygen atoms in total. The van der Waals surface area contributed by atoms with Gasteiger partial charge in [0.05, 0.1) is 0 Å². The fraction of sp³-hybridized carbons (Fsp3) is 0.684. The summed E-state index contributed by atoms with van der Waals surface area (Å²) in [5, 5.41) is 3.62. The molecule has 0 aliphatic carbocycles. The maximum atomic E-state index is 13.0. The molecule has 1 aromatic carbocycles. The van der Waals surface area contributed by atoms with Crippen LogP contribution in [-0.2, 0) is 6.42 Å². The lowest BCUT2D eigenvalue weighted by Crippen LogP contribution is -2.39. The maximum Gasteiger partial charge on any atom is 0.123 e. The average Bonchev–Trinajstić information content (AvgIpc) is 2.33. The van der Waals surface area contributed by atoms with Gasteiger partial charge in [-0.2, -0.15) is 0 Å². The van der Waals surface area contributed by atoms with Crippen LogP contribution in [0.3, 0.4) is 0 Å². The van der Waals surface area contributed by atoms with Crippen molar-refractivity contribution in [2.45, 2.75) is 66.3 Å². The molecule has 0 heterocycles. The molecular formula is C19H32FN. The summed E-state index contributed by atoms with van der Waals surface area (Å²) in [7, 11) is 0. The molecule has 0 aliphatic heterocycles. The summed E-state index contributed by atoms with van der Waals surface area (Å²) in [4.78, 5) is 0. The van der Waals surface area contributed by atoms with Gasteiger partial charge >= 0.3 is 0 Å². The normalized spacial score (nSPS) is 14.2. The molecule has 0 spiro atoms. The Kier molecular flexibility index (Phi) is 6.40. The first-order valence-corrected chi connectivity index (χ1v) is 8.05. The molecule has 1 unspecified atom stereocenters. The Morgan fingerprint density at radius 3 is 2.05 bits per heavy atom. The minimum Gasteiger partial charge on any atom is -0.312 e. The molecule has 0 aromatic heterocycles. The van der Waals surface area contributed by atoms with Crippen LogP contribution in [-0.4, -0.2) is 12.1 Å². The third-order valence-corrected chi connectivity index (χ3v) is 3.66. The van der Waals surface area contributed by atoms with E-state index >= 15 is 0 Å². The first-order chi connectivity index (χ1) is 9.55. The lowest BCUT2D eigenvalue weighted by Gasteiger charge is -2.27. The molecule has 2 heteroatoms. The van der Waals surface area contributed by atoms with E-state index in [1.54, 1.807) is 12.1 Å². The van der Waals surface area contributed by atoms with Crippen LogP contribution in [0.2, 0.25) is 0 Å². The highest BCUT2D eigenvalue weighted by atomic mass is 19.1. The van der Waals surface area contributed by atoms with Crippen molar-refractivity contribution in [3.05, 3.63) is 35.6 Å². The molecule has 0 amide bonds. The molecular weight excluding hydrogens is 261 g/mol. The number of nitrogens with one attached hydrogen (secondary N) is 1. The van der Waals surface area contributed by atoms with Crippen LogP contribution < -0.4 is 5.32 Å². The second-order valence-corrected chi connectivity index (χ2v) is 8.43. The topological polar surface area (TPSA) is 12.0 Å². The largest absolute Gasteiger partial charge is 0.312 e. The Labute approximate surface area is 130 Å². The van der Waals surface area contributed by atoms with Crippen molar-refractivity contribution >= 4 is 0 Å². The van der Waals surface area contributed by atoms with Gasteiger partial charge in [-0.15, -0.1) is 0 Å². The van der Waals surface area contributed by atoms with Gasteiger partial charge in [0.2, 0.25) is 0 Å². The second-order valence-electron chi connectivity index (χ2n) is 8.43. The first-order valence-electron chi connectivity index (χ1n) is 8.05. The van der Waals surface area contributed by atoms with E-state index in [9.17, 15) is 4.39 Å². The van der Waals surface area contributed by atoms with E-state index < -0.39 is 0 Å². The summed E-state index contributed by atoms with van der Waals surface area (Å²) in [5.41, 5.74) is 1.73. The van der Waals surface area contributed by atoms with Gasteiger partial charge in [-0.3, -0.25) is 0 Å². The summed E-state index contributed by atoms with van der Waals surface area (Å²) in [6.45, 7) is 14.5. The molecule has 0 bridgehead atoms. The van der Waals surface area contributed by atoms with Gasteiger partial charge < -0.3 is 5.32 Å². The van der Waals surface area contributed by atoms with Gasteiger partial charge in [0.25, 0.3) is 0 Å². The third-order valence-electron chi connectivity index (χ3n) is 3.66. The number of halogens is 1. The number of rotatable bonds is 6. The summed E-state index contributed by atoms with van der Waals surface area (Å²) >= 11 is 0. The smallest absolute Gasteiger partial charge is 0.123 e. The molecule has 0 aliphatic rings. The van der Waals surface area contributed by atoms with Crippen LogP contribution in [0.5, 0.6) is 0 Å². The lowest BCUT2D eigenvalue weighted by molar-refractivity contribution is 0.295. The zero-order valence-corrected chi connectivity index (χ0v) is 14.6. The minimum atomic E-state index is -0.155. The Balaban J connectivity index is 2.64. The molecule has 21 heavy (non-hydrogen) atoms. The molecule has 1 aromatic rings. The van der Waals surface area contributed by atoms with Crippen molar-refractivity contribution < 1.29 is 4.39 Å². The fourth-order valence-corrected chi connectivity index (χ4v) is 2.32. The van der Waals surface area contributed by atoms with E-state index in [1.165, 1.54) is 18.4 Å². The number of hydrogen-bond acceptors (Lipinski definition) is 1. The van der Waals surface area contributed by atoms with Crippen LogP contribution in [0, 0.1) is 17.2 Å². The van der Waals surface area contributed by atoms with E-state index in [2.05, 4.69) is 46.9 Å². The van der Waals surface area contributed by atoms with Gasteiger partial charge in [0.1, 0.15) is 5.82 Å². The third kappa shape index (κ3) is 8.87. The zero-order chi connectivity index (χ0) is 16.1. The monoisotopic (exact) mass is 293 g/mol. The quantitative estimate of drug-likeness (QED) is 0.760. The summed E-state index contributed by atoms with van der Waals surface area (Å²) in [5.74, 6) is 0.437. The van der Waals surface area contributed by atoms with E-state index in [0.717, 1.165) is 13.0 Å². The van der Waals surface area contributed by atoms with E-state index in [0.29, 0.717) is 11.3 Å². The van der Waals surface area contributed by atoms with Crippen LogP contribution in [0.1, 0.15) is 59.9 Å². The highest BCUT2D eigenvalue weighted by Crippen LogP contribution is 2.25. The molecule has 0 radical (unpaired) electrons. The summed E-state index contributed by atoms with van der Waals surface area (Å²) in [6.07, 6.45) is 3.42. The van der Waals surface area contributed by atoms with E-state index in [4.69, 9.17) is 0 Å². The minimum absolute atomic E-state index is 0.142. The SMILES string of the molecule is CC(C)(C)CCC(CNC(C)(C)C)Cc1ccc(F)cc1. The summed E-state index contributed by atoms with van der Waals surface area (Å²) in [6, 6.07) is 6.95. The van der Waals surface area contributed by atoms with Gasteiger partial charge in [-0.25, -0.2) is 4.39 Å². The predicted octanol–water partition coefficient (Wildman–Crippen LogP) is 5.20. The van der Waals surface area contributed by atoms with Crippen LogP contribution in [0.4, 0.5) is 4.39 Å². The van der Waals surface area contributed by atoms with Gasteiger partial charge in [-0.1, -0.05) is 32.9 Å². The van der Waals surface area contributed by atoms with Crippen LogP contribution in [0.15, 0.2) is 24.3 Å². The van der Waals surface area contributed by atoms with Crippen molar-refractivity contribution in [3.63, 3.8) is 0 Å². The van der Waals surface area contributed by atoms with Crippen LogP contribution >= 0.6 is 0 Å². The highest BCUT2D eigenvalue weighted by Gasteiger charge is 2.18. The highest BCUT2D eigenvalue weighted by molar-refractivity contribution is 5.16. The predicted molar refractivity (Wildman–Crippen MR) is 90.0 cm³/mol. The second kappa shape index (κ2) is 7.40. The van der Waals surface area contributed by atoms with Crippen molar-refractivity contribution in [2.75, 3.05) is 6.54 Å². The van der Waals surface area contributed by atoms with Gasteiger partial charge in [0.15, 0.2) is 0 Å². The van der Waals surface area contributed by atoms with Crippen LogP contribution in [0.25, 0.3) is 0 Å².